The van der Waals surface area contributed by atoms with Gasteiger partial charge >= 0.3 is 0 Å². The first-order valence-electron chi connectivity index (χ1n) is 8.82. The van der Waals surface area contributed by atoms with E-state index in [0.29, 0.717) is 26.3 Å². The lowest BCUT2D eigenvalue weighted by molar-refractivity contribution is 0.0947. The molecule has 0 aliphatic rings. The Balaban J connectivity index is 1.99. The topological polar surface area (TPSA) is 100 Å². The maximum Gasteiger partial charge on any atom is 0.292 e. The molecule has 0 radical (unpaired) electrons. The minimum Gasteiger partial charge on any atom is -0.266 e. The second-order valence-electron chi connectivity index (χ2n) is 6.48. The highest BCUT2D eigenvalue weighted by atomic mass is 35.5. The standard InChI is InChI=1S/C21H14Cl3N5O2/c1-11-3-6-15(8-17(11)23)29-21(31)16(9-25)12(2)19(28-29)20(30)27-26-10-13-4-5-14(22)7-18(13)24/h3-8,10H,1-2H3,(H,27,30)/b26-10-. The first-order valence-corrected chi connectivity index (χ1v) is 9.95. The molecule has 31 heavy (non-hydrogen) atoms. The van der Waals surface area contributed by atoms with Crippen molar-refractivity contribution in [1.82, 2.24) is 15.2 Å². The van der Waals surface area contributed by atoms with Crippen molar-refractivity contribution in [3.05, 3.63) is 89.8 Å². The SMILES string of the molecule is Cc1ccc(-n2nc(C(=O)N/N=C\c3ccc(Cl)cc3Cl)c(C)c(C#N)c2=O)cc1Cl. The number of benzene rings is 2. The number of aromatic nitrogens is 2. The van der Waals surface area contributed by atoms with Crippen molar-refractivity contribution in [3.8, 4) is 11.8 Å². The number of hydrogen-bond acceptors (Lipinski definition) is 5. The fourth-order valence-corrected chi connectivity index (χ4v) is 3.29. The molecule has 0 spiro atoms. The van der Waals surface area contributed by atoms with Crippen molar-refractivity contribution in [2.75, 3.05) is 0 Å². The molecule has 2 aromatic carbocycles. The molecule has 0 atom stereocenters. The van der Waals surface area contributed by atoms with Crippen LogP contribution < -0.4 is 11.0 Å². The average Bonchev–Trinajstić information content (AvgIpc) is 2.72. The van der Waals surface area contributed by atoms with Gasteiger partial charge in [0.15, 0.2) is 5.69 Å². The molecule has 0 aliphatic carbocycles. The number of nitriles is 1. The zero-order valence-corrected chi connectivity index (χ0v) is 18.5. The van der Waals surface area contributed by atoms with Crippen molar-refractivity contribution >= 4 is 46.9 Å². The van der Waals surface area contributed by atoms with Crippen LogP contribution in [-0.4, -0.2) is 21.9 Å². The summed E-state index contributed by atoms with van der Waals surface area (Å²) in [5.74, 6) is -0.706. The molecule has 3 aromatic rings. The van der Waals surface area contributed by atoms with Crippen LogP contribution in [0.25, 0.3) is 5.69 Å². The van der Waals surface area contributed by atoms with Crippen LogP contribution in [0.15, 0.2) is 46.3 Å². The number of hydrazone groups is 1. The van der Waals surface area contributed by atoms with E-state index in [-0.39, 0.29) is 16.8 Å². The van der Waals surface area contributed by atoms with Crippen LogP contribution in [0, 0.1) is 25.2 Å². The third kappa shape index (κ3) is 4.78. The fraction of sp³-hybridized carbons (Fsp3) is 0.0952. The average molecular weight is 475 g/mol. The Bertz CT molecular complexity index is 1330. The van der Waals surface area contributed by atoms with Crippen LogP contribution >= 0.6 is 34.8 Å². The molecule has 156 valence electrons. The number of aryl methyl sites for hydroxylation is 1. The molecule has 1 heterocycles. The normalized spacial score (nSPS) is 10.8. The zero-order chi connectivity index (χ0) is 22.7. The predicted molar refractivity (Wildman–Crippen MR) is 121 cm³/mol. The molecular weight excluding hydrogens is 461 g/mol. The second-order valence-corrected chi connectivity index (χ2v) is 7.73. The summed E-state index contributed by atoms with van der Waals surface area (Å²) >= 11 is 18.1. The number of halogens is 3. The van der Waals surface area contributed by atoms with Gasteiger partial charge in [-0.05, 0) is 43.7 Å². The molecule has 0 aliphatic heterocycles. The zero-order valence-electron chi connectivity index (χ0n) is 16.3. The predicted octanol–water partition coefficient (Wildman–Crippen LogP) is 4.45. The molecule has 3 rings (SSSR count). The van der Waals surface area contributed by atoms with Crippen LogP contribution in [0.5, 0.6) is 0 Å². The fourth-order valence-electron chi connectivity index (χ4n) is 2.66. The van der Waals surface area contributed by atoms with E-state index in [9.17, 15) is 14.9 Å². The molecule has 0 bridgehead atoms. The maximum absolute atomic E-state index is 12.7. The second kappa shape index (κ2) is 9.31. The Morgan fingerprint density at radius 1 is 1.16 bits per heavy atom. The molecule has 0 fully saturated rings. The van der Waals surface area contributed by atoms with Gasteiger partial charge in [-0.3, -0.25) is 9.59 Å². The Morgan fingerprint density at radius 3 is 2.55 bits per heavy atom. The van der Waals surface area contributed by atoms with Crippen molar-refractivity contribution in [2.24, 2.45) is 5.10 Å². The summed E-state index contributed by atoms with van der Waals surface area (Å²) < 4.78 is 0.964. The number of nitrogens with zero attached hydrogens (tertiary/aromatic N) is 4. The highest BCUT2D eigenvalue weighted by molar-refractivity contribution is 6.36. The number of amides is 1. The Hall–Kier alpha value is -3.18. The smallest absolute Gasteiger partial charge is 0.266 e. The van der Waals surface area contributed by atoms with E-state index in [4.69, 9.17) is 34.8 Å². The molecule has 7 nitrogen and oxygen atoms in total. The number of nitrogens with one attached hydrogen (secondary N) is 1. The maximum atomic E-state index is 12.7. The monoisotopic (exact) mass is 473 g/mol. The lowest BCUT2D eigenvalue weighted by atomic mass is 10.1. The molecule has 1 N–H and O–H groups in total. The van der Waals surface area contributed by atoms with Gasteiger partial charge in [-0.2, -0.15) is 20.1 Å². The van der Waals surface area contributed by atoms with E-state index in [1.54, 1.807) is 30.3 Å². The van der Waals surface area contributed by atoms with Gasteiger partial charge in [-0.25, -0.2) is 5.43 Å². The van der Waals surface area contributed by atoms with Crippen LogP contribution in [0.4, 0.5) is 0 Å². The van der Waals surface area contributed by atoms with Gasteiger partial charge in [0.1, 0.15) is 11.6 Å². The van der Waals surface area contributed by atoms with E-state index >= 15 is 0 Å². The summed E-state index contributed by atoms with van der Waals surface area (Å²) in [5, 5.41) is 18.7. The van der Waals surface area contributed by atoms with Crippen molar-refractivity contribution < 1.29 is 4.79 Å². The first-order chi connectivity index (χ1) is 14.7. The molecule has 1 amide bonds. The Labute approximate surface area is 192 Å². The first kappa shape index (κ1) is 22.5. The highest BCUT2D eigenvalue weighted by Gasteiger charge is 2.20. The van der Waals surface area contributed by atoms with Crippen molar-refractivity contribution in [2.45, 2.75) is 13.8 Å². The molecule has 1 aromatic heterocycles. The number of carbonyl (C=O) groups is 1. The van der Waals surface area contributed by atoms with Crippen LogP contribution in [0.1, 0.15) is 32.7 Å². The Kier molecular flexibility index (Phi) is 6.76. The van der Waals surface area contributed by atoms with Crippen molar-refractivity contribution in [3.63, 3.8) is 0 Å². The molecule has 0 saturated heterocycles. The largest absolute Gasteiger partial charge is 0.292 e. The Morgan fingerprint density at radius 2 is 1.90 bits per heavy atom. The summed E-state index contributed by atoms with van der Waals surface area (Å²) in [6, 6.07) is 11.5. The van der Waals surface area contributed by atoms with Gasteiger partial charge in [0, 0.05) is 21.2 Å². The third-order valence-electron chi connectivity index (χ3n) is 4.40. The van der Waals surface area contributed by atoms with E-state index in [2.05, 4.69) is 15.6 Å². The van der Waals surface area contributed by atoms with Crippen LogP contribution in [0.3, 0.4) is 0 Å². The summed E-state index contributed by atoms with van der Waals surface area (Å²) in [6.07, 6.45) is 1.34. The number of hydrogen-bond donors (Lipinski definition) is 1. The van der Waals surface area contributed by atoms with Gasteiger partial charge in [0.05, 0.1) is 16.9 Å². The number of rotatable bonds is 4. The van der Waals surface area contributed by atoms with Gasteiger partial charge in [0.2, 0.25) is 0 Å². The molecule has 0 saturated carbocycles. The van der Waals surface area contributed by atoms with Crippen LogP contribution in [-0.2, 0) is 0 Å². The van der Waals surface area contributed by atoms with E-state index in [1.165, 1.54) is 19.2 Å². The quantitative estimate of drug-likeness (QED) is 0.446. The molecular formula is C21H14Cl3N5O2. The minimum atomic E-state index is -0.706. The van der Waals surface area contributed by atoms with Gasteiger partial charge in [-0.1, -0.05) is 46.9 Å². The lowest BCUT2D eigenvalue weighted by Crippen LogP contribution is -2.31. The van der Waals surface area contributed by atoms with Gasteiger partial charge in [-0.15, -0.1) is 0 Å². The van der Waals surface area contributed by atoms with Gasteiger partial charge in [0.25, 0.3) is 11.5 Å². The third-order valence-corrected chi connectivity index (χ3v) is 5.37. The number of carbonyl (C=O) groups excluding carboxylic acids is 1. The summed E-state index contributed by atoms with van der Waals surface area (Å²) in [4.78, 5) is 25.4. The van der Waals surface area contributed by atoms with Gasteiger partial charge < -0.3 is 0 Å². The van der Waals surface area contributed by atoms with Crippen LogP contribution in [0.2, 0.25) is 15.1 Å². The van der Waals surface area contributed by atoms with E-state index in [0.717, 1.165) is 10.2 Å². The lowest BCUT2D eigenvalue weighted by Gasteiger charge is -2.11. The summed E-state index contributed by atoms with van der Waals surface area (Å²) in [6.45, 7) is 3.27. The highest BCUT2D eigenvalue weighted by Crippen LogP contribution is 2.20. The van der Waals surface area contributed by atoms with E-state index < -0.39 is 11.5 Å². The summed E-state index contributed by atoms with van der Waals surface area (Å²) in [5.41, 5.74) is 3.13. The van der Waals surface area contributed by atoms with E-state index in [1.807, 2.05) is 13.0 Å². The molecule has 0 unspecified atom stereocenters. The van der Waals surface area contributed by atoms with Crippen molar-refractivity contribution in [1.29, 1.82) is 5.26 Å². The minimum absolute atomic E-state index is 0.132. The summed E-state index contributed by atoms with van der Waals surface area (Å²) in [7, 11) is 0. The molecule has 10 heteroatoms.